The van der Waals surface area contributed by atoms with Crippen LogP contribution in [0.4, 0.5) is 5.69 Å². The maximum absolute atomic E-state index is 12.2. The minimum absolute atomic E-state index is 0.0347. The first-order chi connectivity index (χ1) is 15.2. The van der Waals surface area contributed by atoms with Crippen LogP contribution in [-0.4, -0.2) is 17.5 Å². The van der Waals surface area contributed by atoms with Crippen molar-refractivity contribution in [2.24, 2.45) is 0 Å². The molecule has 6 heteroatoms. The Morgan fingerprint density at radius 3 is 2.42 bits per heavy atom. The molecule has 4 aromatic rings. The van der Waals surface area contributed by atoms with Crippen LogP contribution in [-0.2, 0) is 4.79 Å². The average Bonchev–Trinajstić information content (AvgIpc) is 3.29. The number of aromatic nitrogens is 1. The summed E-state index contributed by atoms with van der Waals surface area (Å²) in [6.07, 6.45) is 1.02. The third kappa shape index (κ3) is 5.94. The summed E-state index contributed by atoms with van der Waals surface area (Å²) in [5.41, 5.74) is 3.84. The van der Waals surface area contributed by atoms with E-state index in [0.717, 1.165) is 33.3 Å². The van der Waals surface area contributed by atoms with Gasteiger partial charge in [0.25, 0.3) is 0 Å². The van der Waals surface area contributed by atoms with E-state index >= 15 is 0 Å². The number of carbonyl (C=O) groups is 1. The Balaban J connectivity index is 1.26. The van der Waals surface area contributed by atoms with Crippen molar-refractivity contribution in [1.29, 1.82) is 0 Å². The summed E-state index contributed by atoms with van der Waals surface area (Å²) in [6, 6.07) is 25.1. The highest BCUT2D eigenvalue weighted by Crippen LogP contribution is 2.29. The largest absolute Gasteiger partial charge is 0.494 e. The fourth-order valence-electron chi connectivity index (χ4n) is 3.02. The minimum atomic E-state index is -0.0347. The first-order valence-electron chi connectivity index (χ1n) is 9.97. The predicted octanol–water partition coefficient (Wildman–Crippen LogP) is 6.93. The van der Waals surface area contributed by atoms with Crippen LogP contribution in [0, 0.1) is 0 Å². The third-order valence-electron chi connectivity index (χ3n) is 4.62. The van der Waals surface area contributed by atoms with Gasteiger partial charge in [0.1, 0.15) is 10.8 Å². The fourth-order valence-corrected chi connectivity index (χ4v) is 3.98. The number of hydrogen-bond acceptors (Lipinski definition) is 4. The predicted molar refractivity (Wildman–Crippen MR) is 128 cm³/mol. The van der Waals surface area contributed by atoms with Crippen LogP contribution < -0.4 is 10.1 Å². The molecule has 0 aliphatic carbocycles. The molecule has 31 heavy (non-hydrogen) atoms. The van der Waals surface area contributed by atoms with E-state index in [9.17, 15) is 4.79 Å². The quantitative estimate of drug-likeness (QED) is 0.297. The van der Waals surface area contributed by atoms with Crippen LogP contribution in [0.5, 0.6) is 5.75 Å². The second-order valence-electron chi connectivity index (χ2n) is 6.94. The number of anilines is 1. The lowest BCUT2D eigenvalue weighted by Gasteiger charge is -2.08. The molecule has 0 bridgehead atoms. The molecule has 1 heterocycles. The molecule has 0 spiro atoms. The molecule has 4 nitrogen and oxygen atoms in total. The number of amides is 1. The molecule has 4 rings (SSSR count). The summed E-state index contributed by atoms with van der Waals surface area (Å²) < 4.78 is 5.62. The third-order valence-corrected chi connectivity index (χ3v) is 5.76. The number of nitrogens with zero attached hydrogens (tertiary/aromatic N) is 1. The van der Waals surface area contributed by atoms with Crippen LogP contribution in [0.3, 0.4) is 0 Å². The van der Waals surface area contributed by atoms with E-state index in [0.29, 0.717) is 24.5 Å². The van der Waals surface area contributed by atoms with Crippen LogP contribution in [0.15, 0.2) is 84.2 Å². The lowest BCUT2D eigenvalue weighted by molar-refractivity contribution is -0.116. The zero-order valence-corrected chi connectivity index (χ0v) is 18.3. The van der Waals surface area contributed by atoms with Crippen LogP contribution in [0.2, 0.25) is 5.02 Å². The number of ether oxygens (including phenoxy) is 1. The molecule has 1 N–H and O–H groups in total. The normalized spacial score (nSPS) is 10.6. The van der Waals surface area contributed by atoms with Gasteiger partial charge in [-0.3, -0.25) is 4.79 Å². The summed E-state index contributed by atoms with van der Waals surface area (Å²) >= 11 is 7.47. The summed E-state index contributed by atoms with van der Waals surface area (Å²) in [6.45, 7) is 0.474. The van der Waals surface area contributed by atoms with Gasteiger partial charge < -0.3 is 10.1 Å². The summed E-state index contributed by atoms with van der Waals surface area (Å²) in [7, 11) is 0. The van der Waals surface area contributed by atoms with Gasteiger partial charge in [-0.1, -0.05) is 54.1 Å². The van der Waals surface area contributed by atoms with E-state index in [2.05, 4.69) is 22.8 Å². The summed E-state index contributed by atoms with van der Waals surface area (Å²) in [5, 5.41) is 6.65. The number of nitrogens with one attached hydrogen (secondary N) is 1. The van der Waals surface area contributed by atoms with E-state index in [4.69, 9.17) is 21.3 Å². The molecule has 0 saturated carbocycles. The number of thiazole rings is 1. The van der Waals surface area contributed by atoms with E-state index in [-0.39, 0.29) is 5.91 Å². The Kier molecular flexibility index (Phi) is 6.97. The van der Waals surface area contributed by atoms with Gasteiger partial charge in [-0.05, 0) is 42.8 Å². The van der Waals surface area contributed by atoms with Crippen molar-refractivity contribution in [3.63, 3.8) is 0 Å². The maximum Gasteiger partial charge on any atom is 0.224 e. The molecular formula is C25H21ClN2O2S. The minimum Gasteiger partial charge on any atom is -0.494 e. The number of benzene rings is 3. The molecule has 3 aromatic carbocycles. The Morgan fingerprint density at radius 2 is 1.68 bits per heavy atom. The molecule has 0 atom stereocenters. The van der Waals surface area contributed by atoms with Gasteiger partial charge in [0.15, 0.2) is 0 Å². The van der Waals surface area contributed by atoms with Crippen molar-refractivity contribution in [3.8, 4) is 27.6 Å². The number of rotatable bonds is 8. The van der Waals surface area contributed by atoms with E-state index < -0.39 is 0 Å². The van der Waals surface area contributed by atoms with E-state index in [1.807, 2.05) is 54.6 Å². The SMILES string of the molecule is O=C(CCCOc1ccc(Cl)cc1)Nc1ccc(-c2csc(-c3ccccc3)n2)cc1. The highest BCUT2D eigenvalue weighted by atomic mass is 35.5. The standard InChI is InChI=1S/C25H21ClN2O2S/c26-20-10-14-22(15-11-20)30-16-4-7-24(29)27-21-12-8-18(9-13-21)23-17-31-25(28-23)19-5-2-1-3-6-19/h1-3,5-6,8-15,17H,4,7,16H2,(H,27,29). The Labute approximate surface area is 190 Å². The summed E-state index contributed by atoms with van der Waals surface area (Å²) in [4.78, 5) is 16.9. The van der Waals surface area contributed by atoms with Gasteiger partial charge in [-0.2, -0.15) is 0 Å². The molecule has 0 aliphatic heterocycles. The Hall–Kier alpha value is -3.15. The monoisotopic (exact) mass is 448 g/mol. The number of halogens is 1. The van der Waals surface area contributed by atoms with Gasteiger partial charge in [0.2, 0.25) is 5.91 Å². The molecule has 0 aliphatic rings. The Bertz CT molecular complexity index is 1130. The van der Waals surface area contributed by atoms with Crippen molar-refractivity contribution in [2.75, 3.05) is 11.9 Å². The van der Waals surface area contributed by atoms with Crippen molar-refractivity contribution in [1.82, 2.24) is 4.98 Å². The molecule has 1 aromatic heterocycles. The average molecular weight is 449 g/mol. The molecule has 0 unspecified atom stereocenters. The zero-order chi connectivity index (χ0) is 21.5. The lowest BCUT2D eigenvalue weighted by Crippen LogP contribution is -2.12. The maximum atomic E-state index is 12.2. The van der Waals surface area contributed by atoms with Crippen LogP contribution in [0.1, 0.15) is 12.8 Å². The number of carbonyl (C=O) groups excluding carboxylic acids is 1. The second kappa shape index (κ2) is 10.2. The second-order valence-corrected chi connectivity index (χ2v) is 8.23. The van der Waals surface area contributed by atoms with Crippen LogP contribution >= 0.6 is 22.9 Å². The van der Waals surface area contributed by atoms with Crippen molar-refractivity contribution >= 4 is 34.5 Å². The summed E-state index contributed by atoms with van der Waals surface area (Å²) in [5.74, 6) is 0.713. The van der Waals surface area contributed by atoms with Crippen molar-refractivity contribution in [2.45, 2.75) is 12.8 Å². The van der Waals surface area contributed by atoms with Crippen molar-refractivity contribution in [3.05, 3.63) is 89.3 Å². The van der Waals surface area contributed by atoms with E-state index in [1.165, 1.54) is 0 Å². The van der Waals surface area contributed by atoms with Crippen molar-refractivity contribution < 1.29 is 9.53 Å². The van der Waals surface area contributed by atoms with Crippen LogP contribution in [0.25, 0.3) is 21.8 Å². The van der Waals surface area contributed by atoms with Gasteiger partial charge in [0, 0.05) is 33.6 Å². The van der Waals surface area contributed by atoms with Gasteiger partial charge in [0.05, 0.1) is 12.3 Å². The molecule has 0 saturated heterocycles. The smallest absolute Gasteiger partial charge is 0.224 e. The van der Waals surface area contributed by atoms with Gasteiger partial charge in [-0.25, -0.2) is 4.98 Å². The molecular weight excluding hydrogens is 428 g/mol. The first-order valence-corrected chi connectivity index (χ1v) is 11.2. The fraction of sp³-hybridized carbons (Fsp3) is 0.120. The first kappa shape index (κ1) is 21.1. The van der Waals surface area contributed by atoms with Gasteiger partial charge in [-0.15, -0.1) is 11.3 Å². The molecule has 0 radical (unpaired) electrons. The highest BCUT2D eigenvalue weighted by molar-refractivity contribution is 7.13. The molecule has 156 valence electrons. The zero-order valence-electron chi connectivity index (χ0n) is 16.8. The topological polar surface area (TPSA) is 51.2 Å². The van der Waals surface area contributed by atoms with E-state index in [1.54, 1.807) is 23.5 Å². The van der Waals surface area contributed by atoms with Gasteiger partial charge >= 0.3 is 0 Å². The molecule has 1 amide bonds. The molecule has 0 fully saturated rings. The Morgan fingerprint density at radius 1 is 0.935 bits per heavy atom. The lowest BCUT2D eigenvalue weighted by atomic mass is 10.1. The highest BCUT2D eigenvalue weighted by Gasteiger charge is 2.08. The number of hydrogen-bond donors (Lipinski definition) is 1.